The minimum atomic E-state index is -0.298. The highest BCUT2D eigenvalue weighted by molar-refractivity contribution is 9.10. The minimum Gasteiger partial charge on any atom is -0.358 e. The van der Waals surface area contributed by atoms with Gasteiger partial charge in [-0.2, -0.15) is 5.26 Å². The van der Waals surface area contributed by atoms with E-state index in [4.69, 9.17) is 17.5 Å². The van der Waals surface area contributed by atoms with E-state index in [9.17, 15) is 4.39 Å². The number of nitrogens with zero attached hydrogens (tertiary/aromatic N) is 1. The van der Waals surface area contributed by atoms with Crippen LogP contribution in [-0.4, -0.2) is 5.11 Å². The van der Waals surface area contributed by atoms with Crippen molar-refractivity contribution in [2.75, 3.05) is 5.32 Å². The van der Waals surface area contributed by atoms with Crippen molar-refractivity contribution in [2.24, 2.45) is 0 Å². The quantitative estimate of drug-likeness (QED) is 0.810. The van der Waals surface area contributed by atoms with Crippen LogP contribution in [0.15, 0.2) is 46.9 Å². The molecule has 0 saturated heterocycles. The van der Waals surface area contributed by atoms with E-state index in [1.165, 1.54) is 6.07 Å². The van der Waals surface area contributed by atoms with Gasteiger partial charge < -0.3 is 10.6 Å². The molecule has 0 aliphatic carbocycles. The van der Waals surface area contributed by atoms with Crippen molar-refractivity contribution < 1.29 is 4.39 Å². The Balaban J connectivity index is 1.92. The van der Waals surface area contributed by atoms with Crippen LogP contribution in [0.4, 0.5) is 10.1 Å². The van der Waals surface area contributed by atoms with Gasteiger partial charge in [0.2, 0.25) is 0 Å². The van der Waals surface area contributed by atoms with Crippen LogP contribution < -0.4 is 10.6 Å². The Labute approximate surface area is 135 Å². The second kappa shape index (κ2) is 7.16. The van der Waals surface area contributed by atoms with Gasteiger partial charge in [-0.25, -0.2) is 4.39 Å². The predicted octanol–water partition coefficient (Wildman–Crippen LogP) is 3.95. The summed E-state index contributed by atoms with van der Waals surface area (Å²) in [5.41, 5.74) is 2.20. The fourth-order valence-electron chi connectivity index (χ4n) is 1.67. The first-order valence-electron chi connectivity index (χ1n) is 6.07. The van der Waals surface area contributed by atoms with Gasteiger partial charge in [0.05, 0.1) is 16.1 Å². The van der Waals surface area contributed by atoms with Crippen LogP contribution >= 0.6 is 28.1 Å². The molecule has 0 saturated carbocycles. The van der Waals surface area contributed by atoms with Gasteiger partial charge in [-0.05, 0) is 64.0 Å². The van der Waals surface area contributed by atoms with Crippen molar-refractivity contribution in [1.29, 1.82) is 5.26 Å². The highest BCUT2D eigenvalue weighted by Crippen LogP contribution is 2.16. The molecule has 0 radical (unpaired) electrons. The molecule has 2 N–H and O–H groups in total. The topological polar surface area (TPSA) is 47.9 Å². The molecule has 0 spiro atoms. The molecular formula is C15H11BrFN3S. The number of halogens is 2. The monoisotopic (exact) mass is 363 g/mol. The molecule has 0 aliphatic heterocycles. The number of nitrogens with one attached hydrogen (secondary N) is 2. The molecule has 6 heteroatoms. The molecule has 2 aromatic carbocycles. The van der Waals surface area contributed by atoms with Crippen LogP contribution in [0.2, 0.25) is 0 Å². The molecule has 21 heavy (non-hydrogen) atoms. The van der Waals surface area contributed by atoms with Gasteiger partial charge in [0.15, 0.2) is 5.11 Å². The second-order valence-corrected chi connectivity index (χ2v) is 5.51. The van der Waals surface area contributed by atoms with Crippen molar-refractivity contribution in [3.05, 3.63) is 63.9 Å². The van der Waals surface area contributed by atoms with E-state index in [-0.39, 0.29) is 5.82 Å². The lowest BCUT2D eigenvalue weighted by Crippen LogP contribution is -2.27. The highest BCUT2D eigenvalue weighted by atomic mass is 79.9. The maximum Gasteiger partial charge on any atom is 0.171 e. The minimum absolute atomic E-state index is 0.298. The number of anilines is 1. The molecule has 0 atom stereocenters. The SMILES string of the molecule is N#Cc1cccc(NC(=S)NCc2ccc(F)c(Br)c2)c1. The lowest BCUT2D eigenvalue weighted by molar-refractivity contribution is 0.620. The Morgan fingerprint density at radius 2 is 2.10 bits per heavy atom. The predicted molar refractivity (Wildman–Crippen MR) is 88.3 cm³/mol. The van der Waals surface area contributed by atoms with E-state index in [1.807, 2.05) is 6.07 Å². The smallest absolute Gasteiger partial charge is 0.171 e. The second-order valence-electron chi connectivity index (χ2n) is 4.25. The normalized spacial score (nSPS) is 9.76. The van der Waals surface area contributed by atoms with Crippen molar-refractivity contribution in [1.82, 2.24) is 5.32 Å². The third-order valence-electron chi connectivity index (χ3n) is 2.69. The number of hydrogen-bond donors (Lipinski definition) is 2. The summed E-state index contributed by atoms with van der Waals surface area (Å²) in [5, 5.41) is 15.3. The zero-order valence-corrected chi connectivity index (χ0v) is 13.3. The van der Waals surface area contributed by atoms with E-state index in [2.05, 4.69) is 32.6 Å². The maximum absolute atomic E-state index is 13.1. The van der Waals surface area contributed by atoms with E-state index in [0.29, 0.717) is 21.7 Å². The van der Waals surface area contributed by atoms with Crippen LogP contribution in [0.1, 0.15) is 11.1 Å². The van der Waals surface area contributed by atoms with E-state index in [0.717, 1.165) is 11.3 Å². The third-order valence-corrected chi connectivity index (χ3v) is 3.54. The van der Waals surface area contributed by atoms with Crippen molar-refractivity contribution in [3.8, 4) is 6.07 Å². The summed E-state index contributed by atoms with van der Waals surface area (Å²) in [6.45, 7) is 0.475. The largest absolute Gasteiger partial charge is 0.358 e. The molecular weight excluding hydrogens is 353 g/mol. The molecule has 106 valence electrons. The van der Waals surface area contributed by atoms with Gasteiger partial charge >= 0.3 is 0 Å². The Morgan fingerprint density at radius 1 is 1.29 bits per heavy atom. The first-order valence-corrected chi connectivity index (χ1v) is 7.27. The lowest BCUT2D eigenvalue weighted by Gasteiger charge is -2.11. The summed E-state index contributed by atoms with van der Waals surface area (Å²) in [5.74, 6) is -0.298. The van der Waals surface area contributed by atoms with Gasteiger partial charge in [0, 0.05) is 12.2 Å². The van der Waals surface area contributed by atoms with E-state index in [1.54, 1.807) is 30.3 Å². The van der Waals surface area contributed by atoms with Gasteiger partial charge in [-0.3, -0.25) is 0 Å². The first-order chi connectivity index (χ1) is 10.1. The molecule has 2 rings (SSSR count). The van der Waals surface area contributed by atoms with Gasteiger partial charge in [-0.1, -0.05) is 12.1 Å². The summed E-state index contributed by atoms with van der Waals surface area (Å²) in [6.07, 6.45) is 0. The third kappa shape index (κ3) is 4.52. The van der Waals surface area contributed by atoms with Crippen molar-refractivity contribution in [2.45, 2.75) is 6.54 Å². The van der Waals surface area contributed by atoms with Crippen molar-refractivity contribution in [3.63, 3.8) is 0 Å². The van der Waals surface area contributed by atoms with Gasteiger partial charge in [0.25, 0.3) is 0 Å². The standard InChI is InChI=1S/C15H11BrFN3S/c16-13-7-11(4-5-14(13)17)9-19-15(21)20-12-3-1-2-10(6-12)8-18/h1-7H,9H2,(H2,19,20,21). The highest BCUT2D eigenvalue weighted by Gasteiger charge is 2.02. The number of rotatable bonds is 3. The maximum atomic E-state index is 13.1. The summed E-state index contributed by atoms with van der Waals surface area (Å²) in [7, 11) is 0. The molecule has 0 heterocycles. The number of nitriles is 1. The Morgan fingerprint density at radius 3 is 2.81 bits per heavy atom. The van der Waals surface area contributed by atoms with Crippen molar-refractivity contribution >= 4 is 38.9 Å². The Bertz CT molecular complexity index is 712. The summed E-state index contributed by atoms with van der Waals surface area (Å²) < 4.78 is 13.5. The summed E-state index contributed by atoms with van der Waals surface area (Å²) in [4.78, 5) is 0. The molecule has 3 nitrogen and oxygen atoms in total. The molecule has 0 unspecified atom stereocenters. The number of hydrogen-bond acceptors (Lipinski definition) is 2. The summed E-state index contributed by atoms with van der Waals surface area (Å²) >= 11 is 8.32. The van der Waals surface area contributed by atoms with E-state index < -0.39 is 0 Å². The van der Waals surface area contributed by atoms with Crippen LogP contribution in [0.5, 0.6) is 0 Å². The molecule has 0 aromatic heterocycles. The average Bonchev–Trinajstić information content (AvgIpc) is 2.48. The fourth-order valence-corrected chi connectivity index (χ4v) is 2.29. The molecule has 0 amide bonds. The zero-order chi connectivity index (χ0) is 15.2. The van der Waals surface area contributed by atoms with Crippen LogP contribution in [-0.2, 0) is 6.54 Å². The Hall–Kier alpha value is -1.97. The zero-order valence-electron chi connectivity index (χ0n) is 10.9. The van der Waals surface area contributed by atoms with Crippen LogP contribution in [0, 0.1) is 17.1 Å². The van der Waals surface area contributed by atoms with Crippen LogP contribution in [0.3, 0.4) is 0 Å². The molecule has 0 aliphatic rings. The molecule has 0 fully saturated rings. The molecule has 2 aromatic rings. The summed E-state index contributed by atoms with van der Waals surface area (Å²) in [6, 6.07) is 13.9. The number of thiocarbonyl (C=S) groups is 1. The average molecular weight is 364 g/mol. The Kier molecular flexibility index (Phi) is 5.26. The first kappa shape index (κ1) is 15.4. The fraction of sp³-hybridized carbons (Fsp3) is 0.0667. The van der Waals surface area contributed by atoms with Crippen LogP contribution in [0.25, 0.3) is 0 Å². The van der Waals surface area contributed by atoms with E-state index >= 15 is 0 Å². The lowest BCUT2D eigenvalue weighted by atomic mass is 10.2. The number of benzene rings is 2. The van der Waals surface area contributed by atoms with Gasteiger partial charge in [-0.15, -0.1) is 0 Å². The van der Waals surface area contributed by atoms with Gasteiger partial charge in [0.1, 0.15) is 5.82 Å². The molecule has 0 bridgehead atoms.